The van der Waals surface area contributed by atoms with Crippen molar-refractivity contribution in [3.05, 3.63) is 34.6 Å². The summed E-state index contributed by atoms with van der Waals surface area (Å²) < 4.78 is 11.2. The van der Waals surface area contributed by atoms with Crippen molar-refractivity contribution >= 4 is 16.9 Å². The SMILES string of the molecule is CCCCOc1nc(N)c2[nH]c(C#N)c(CC3=CC=C(CN4CCOCC4)C(C)C3)c2n1. The quantitative estimate of drug-likeness (QED) is 0.610. The maximum Gasteiger partial charge on any atom is 0.319 e. The Morgan fingerprint density at radius 2 is 2.12 bits per heavy atom. The molecule has 1 fully saturated rings. The molecule has 0 bridgehead atoms. The molecule has 3 heterocycles. The van der Waals surface area contributed by atoms with E-state index >= 15 is 0 Å². The second kappa shape index (κ2) is 10.2. The van der Waals surface area contributed by atoms with Gasteiger partial charge in [0.05, 0.1) is 19.8 Å². The summed E-state index contributed by atoms with van der Waals surface area (Å²) in [5.74, 6) is 0.768. The number of nitrogen functional groups attached to an aromatic ring is 1. The van der Waals surface area contributed by atoms with E-state index in [2.05, 4.69) is 51.9 Å². The summed E-state index contributed by atoms with van der Waals surface area (Å²) in [5, 5.41) is 9.71. The first-order valence-electron chi connectivity index (χ1n) is 11.5. The second-order valence-electron chi connectivity index (χ2n) is 8.64. The highest BCUT2D eigenvalue weighted by Gasteiger charge is 2.22. The van der Waals surface area contributed by atoms with Gasteiger partial charge < -0.3 is 20.2 Å². The molecule has 2 aromatic rings. The lowest BCUT2D eigenvalue weighted by atomic mass is 9.85. The van der Waals surface area contributed by atoms with Crippen LogP contribution >= 0.6 is 0 Å². The summed E-state index contributed by atoms with van der Waals surface area (Å²) in [6.45, 7) is 9.53. The minimum Gasteiger partial charge on any atom is -0.463 e. The third-order valence-corrected chi connectivity index (χ3v) is 6.24. The maximum absolute atomic E-state index is 9.71. The van der Waals surface area contributed by atoms with Crippen LogP contribution in [0.1, 0.15) is 44.4 Å². The van der Waals surface area contributed by atoms with Crippen molar-refractivity contribution in [2.45, 2.75) is 39.5 Å². The number of nitrogens with zero attached hydrogens (tertiary/aromatic N) is 4. The molecule has 0 saturated carbocycles. The van der Waals surface area contributed by atoms with Crippen LogP contribution in [0.15, 0.2) is 23.3 Å². The largest absolute Gasteiger partial charge is 0.463 e. The van der Waals surface area contributed by atoms with Gasteiger partial charge in [-0.1, -0.05) is 43.6 Å². The first-order valence-corrected chi connectivity index (χ1v) is 11.5. The molecule has 3 N–H and O–H groups in total. The van der Waals surface area contributed by atoms with Crippen molar-refractivity contribution in [1.29, 1.82) is 5.26 Å². The summed E-state index contributed by atoms with van der Waals surface area (Å²) in [7, 11) is 0. The molecule has 0 amide bonds. The smallest absolute Gasteiger partial charge is 0.319 e. The molecule has 1 aliphatic carbocycles. The van der Waals surface area contributed by atoms with Crippen molar-refractivity contribution in [3.63, 3.8) is 0 Å². The van der Waals surface area contributed by atoms with E-state index in [1.54, 1.807) is 0 Å². The summed E-state index contributed by atoms with van der Waals surface area (Å²) in [5.41, 5.74) is 11.5. The van der Waals surface area contributed by atoms with E-state index in [9.17, 15) is 5.26 Å². The molecule has 170 valence electrons. The number of allylic oxidation sites excluding steroid dienone is 3. The number of hydrogen-bond acceptors (Lipinski definition) is 7. The van der Waals surface area contributed by atoms with Gasteiger partial charge in [-0.2, -0.15) is 15.2 Å². The van der Waals surface area contributed by atoms with Crippen LogP contribution in [0.3, 0.4) is 0 Å². The van der Waals surface area contributed by atoms with Crippen molar-refractivity contribution in [1.82, 2.24) is 19.9 Å². The Morgan fingerprint density at radius 3 is 2.84 bits per heavy atom. The predicted molar refractivity (Wildman–Crippen MR) is 124 cm³/mol. The third-order valence-electron chi connectivity index (χ3n) is 6.24. The van der Waals surface area contributed by atoms with Crippen LogP contribution in [-0.2, 0) is 11.2 Å². The number of nitrogens with one attached hydrogen (secondary N) is 1. The van der Waals surface area contributed by atoms with Crippen LogP contribution in [0.2, 0.25) is 0 Å². The summed E-state index contributed by atoms with van der Waals surface area (Å²) >= 11 is 0. The average Bonchev–Trinajstić information content (AvgIpc) is 3.14. The van der Waals surface area contributed by atoms with Crippen LogP contribution in [0, 0.1) is 17.2 Å². The number of fused-ring (bicyclic) bond motifs is 1. The Morgan fingerprint density at radius 1 is 1.31 bits per heavy atom. The molecule has 2 aliphatic rings. The zero-order valence-corrected chi connectivity index (χ0v) is 19.0. The molecule has 2 aromatic heterocycles. The van der Waals surface area contributed by atoms with Gasteiger partial charge in [-0.05, 0) is 25.2 Å². The highest BCUT2D eigenvalue weighted by atomic mass is 16.5. The molecular formula is C24H32N6O2. The molecule has 0 radical (unpaired) electrons. The Balaban J connectivity index is 1.57. The van der Waals surface area contributed by atoms with Crippen LogP contribution < -0.4 is 10.5 Å². The number of ether oxygens (including phenoxy) is 2. The number of morpholine rings is 1. The summed E-state index contributed by atoms with van der Waals surface area (Å²) in [4.78, 5) is 14.4. The molecule has 32 heavy (non-hydrogen) atoms. The predicted octanol–water partition coefficient (Wildman–Crippen LogP) is 3.36. The third kappa shape index (κ3) is 4.95. The van der Waals surface area contributed by atoms with E-state index in [-0.39, 0.29) is 6.01 Å². The minimum absolute atomic E-state index is 0.270. The fourth-order valence-electron chi connectivity index (χ4n) is 4.32. The molecule has 1 aliphatic heterocycles. The number of hydrogen-bond donors (Lipinski definition) is 2. The molecule has 0 spiro atoms. The molecule has 1 atom stereocenters. The molecule has 8 heteroatoms. The van der Waals surface area contributed by atoms with Gasteiger partial charge in [0, 0.05) is 25.2 Å². The zero-order valence-electron chi connectivity index (χ0n) is 19.0. The van der Waals surface area contributed by atoms with Crippen molar-refractivity contribution in [2.75, 3.05) is 45.2 Å². The number of unbranched alkanes of at least 4 members (excludes halogenated alkanes) is 1. The number of aromatic nitrogens is 3. The zero-order chi connectivity index (χ0) is 22.5. The van der Waals surface area contributed by atoms with Gasteiger partial charge in [0.25, 0.3) is 0 Å². The van der Waals surface area contributed by atoms with E-state index in [1.807, 2.05) is 0 Å². The summed E-state index contributed by atoms with van der Waals surface area (Å²) in [6.07, 6.45) is 8.03. The van der Waals surface area contributed by atoms with Crippen molar-refractivity contribution < 1.29 is 9.47 Å². The normalized spacial score (nSPS) is 19.5. The molecule has 0 aromatic carbocycles. The fourth-order valence-corrected chi connectivity index (χ4v) is 4.32. The van der Waals surface area contributed by atoms with Gasteiger partial charge in [-0.25, -0.2) is 0 Å². The van der Waals surface area contributed by atoms with Gasteiger partial charge in [0.1, 0.15) is 22.8 Å². The van der Waals surface area contributed by atoms with Crippen molar-refractivity contribution in [2.24, 2.45) is 5.92 Å². The van der Waals surface area contributed by atoms with Crippen LogP contribution in [0.4, 0.5) is 5.82 Å². The van der Waals surface area contributed by atoms with Gasteiger partial charge in [0.2, 0.25) is 0 Å². The number of nitriles is 1. The fraction of sp³-hybridized carbons (Fsp3) is 0.542. The average molecular weight is 437 g/mol. The van der Waals surface area contributed by atoms with E-state index in [0.717, 1.165) is 57.7 Å². The number of H-pyrrole nitrogens is 1. The number of aromatic amines is 1. The highest BCUT2D eigenvalue weighted by Crippen LogP contribution is 2.32. The van der Waals surface area contributed by atoms with E-state index < -0.39 is 0 Å². The van der Waals surface area contributed by atoms with E-state index in [4.69, 9.17) is 15.2 Å². The van der Waals surface area contributed by atoms with Crippen molar-refractivity contribution in [3.8, 4) is 12.1 Å². The number of nitrogens with two attached hydrogens (primary N) is 1. The van der Waals surface area contributed by atoms with Gasteiger partial charge in [-0.15, -0.1) is 0 Å². The highest BCUT2D eigenvalue weighted by molar-refractivity contribution is 5.90. The number of anilines is 1. The maximum atomic E-state index is 9.71. The van der Waals surface area contributed by atoms with Crippen LogP contribution in [0.5, 0.6) is 6.01 Å². The van der Waals surface area contributed by atoms with Gasteiger partial charge in [-0.3, -0.25) is 4.90 Å². The lowest BCUT2D eigenvalue weighted by molar-refractivity contribution is 0.0413. The molecule has 4 rings (SSSR count). The first kappa shape index (κ1) is 22.3. The monoisotopic (exact) mass is 436 g/mol. The number of rotatable bonds is 8. The molecule has 8 nitrogen and oxygen atoms in total. The molecule has 1 saturated heterocycles. The topological polar surface area (TPSA) is 113 Å². The second-order valence-corrected chi connectivity index (χ2v) is 8.64. The van der Waals surface area contributed by atoms with Crippen LogP contribution in [0.25, 0.3) is 11.0 Å². The standard InChI is InChI=1S/C24H32N6O2/c1-3-4-9-32-24-28-21-19(20(14-25)27-22(21)23(26)29-24)13-17-5-6-18(16(2)12-17)15-30-7-10-31-11-8-30/h5-6,16,27H,3-4,7-13,15H2,1-2H3,(H2,26,28,29). The summed E-state index contributed by atoms with van der Waals surface area (Å²) in [6, 6.07) is 2.54. The van der Waals surface area contributed by atoms with Gasteiger partial charge in [0.15, 0.2) is 5.82 Å². The minimum atomic E-state index is 0.270. The Labute approximate surface area is 189 Å². The lowest BCUT2D eigenvalue weighted by Crippen LogP contribution is -2.38. The lowest BCUT2D eigenvalue weighted by Gasteiger charge is -2.30. The van der Waals surface area contributed by atoms with Crippen LogP contribution in [-0.4, -0.2) is 59.3 Å². The first-order chi connectivity index (χ1) is 15.6. The van der Waals surface area contributed by atoms with E-state index in [0.29, 0.717) is 41.5 Å². The Kier molecular flexibility index (Phi) is 7.08. The Hall–Kier alpha value is -2.89. The molecular weight excluding hydrogens is 404 g/mol. The Bertz CT molecular complexity index is 1060. The van der Waals surface area contributed by atoms with Gasteiger partial charge >= 0.3 is 6.01 Å². The molecule has 1 unspecified atom stereocenters. The van der Waals surface area contributed by atoms with E-state index in [1.165, 1.54) is 11.1 Å².